The zero-order valence-electron chi connectivity index (χ0n) is 13.3. The van der Waals surface area contributed by atoms with Gasteiger partial charge in [0.1, 0.15) is 6.23 Å². The molecule has 5 aliphatic rings. The molecule has 0 aromatic rings. The summed E-state index contributed by atoms with van der Waals surface area (Å²) in [5, 5.41) is 3.84. The van der Waals surface area contributed by atoms with Crippen LogP contribution in [0.2, 0.25) is 0 Å². The zero-order valence-corrected chi connectivity index (χ0v) is 13.3. The van der Waals surface area contributed by atoms with Gasteiger partial charge in [-0.3, -0.25) is 0 Å². The minimum absolute atomic E-state index is 0.0804. The van der Waals surface area contributed by atoms with E-state index < -0.39 is 23.9 Å². The largest absolute Gasteiger partial charge is 0.340 e. The van der Waals surface area contributed by atoms with Crippen LogP contribution in [0.3, 0.4) is 0 Å². The molecular formula is C15H23N3O4. The molecule has 0 aromatic heterocycles. The minimum Gasteiger partial charge on any atom is -0.340 e. The lowest BCUT2D eigenvalue weighted by Crippen LogP contribution is -2.70. The lowest BCUT2D eigenvalue weighted by atomic mass is 9.58. The predicted octanol–water partition coefficient (Wildman–Crippen LogP) is 3.50. The molecular weight excluding hydrogens is 286 g/mol. The van der Waals surface area contributed by atoms with E-state index in [1.165, 1.54) is 0 Å². The Morgan fingerprint density at radius 3 is 2.73 bits per heavy atom. The fourth-order valence-electron chi connectivity index (χ4n) is 5.07. The van der Waals surface area contributed by atoms with Crippen LogP contribution in [0.15, 0.2) is 5.11 Å². The van der Waals surface area contributed by atoms with Crippen molar-refractivity contribution in [2.45, 2.75) is 70.4 Å². The summed E-state index contributed by atoms with van der Waals surface area (Å²) in [7, 11) is 0. The number of nitrogens with zero attached hydrogens (tertiary/aromatic N) is 3. The molecule has 0 aromatic carbocycles. The van der Waals surface area contributed by atoms with Crippen molar-refractivity contribution >= 4 is 0 Å². The van der Waals surface area contributed by atoms with E-state index in [2.05, 4.69) is 23.9 Å². The summed E-state index contributed by atoms with van der Waals surface area (Å²) >= 11 is 0. The van der Waals surface area contributed by atoms with Gasteiger partial charge in [-0.25, -0.2) is 9.78 Å². The fraction of sp³-hybridized carbons (Fsp3) is 1.00. The number of ether oxygens (including phenoxy) is 2. The van der Waals surface area contributed by atoms with Gasteiger partial charge in [-0.1, -0.05) is 19.0 Å². The maximum Gasteiger partial charge on any atom is 0.201 e. The van der Waals surface area contributed by atoms with E-state index in [4.69, 9.17) is 24.8 Å². The monoisotopic (exact) mass is 309 g/mol. The number of hydrogen-bond acceptors (Lipinski definition) is 5. The summed E-state index contributed by atoms with van der Waals surface area (Å²) < 4.78 is 12.2. The molecule has 2 bridgehead atoms. The second-order valence-electron chi connectivity index (χ2n) is 7.50. The van der Waals surface area contributed by atoms with Gasteiger partial charge in [0.15, 0.2) is 11.9 Å². The SMILES string of the molecule is C[C@@H]1CC[C@H]2[C@@H](C)C(N=[N+]=[N-])O[C@@H]3OC4(C)CC[C@@H]1[C@]32OO4. The van der Waals surface area contributed by atoms with Crippen molar-refractivity contribution in [3.8, 4) is 0 Å². The number of azide groups is 1. The Bertz CT molecular complexity index is 525. The molecule has 122 valence electrons. The smallest absolute Gasteiger partial charge is 0.201 e. The molecule has 0 radical (unpaired) electrons. The minimum atomic E-state index is -0.779. The average molecular weight is 309 g/mol. The third-order valence-electron chi connectivity index (χ3n) is 6.29. The van der Waals surface area contributed by atoms with E-state index in [-0.39, 0.29) is 11.8 Å². The van der Waals surface area contributed by atoms with E-state index in [0.717, 1.165) is 25.7 Å². The molecule has 1 saturated carbocycles. The highest BCUT2D eigenvalue weighted by Crippen LogP contribution is 2.60. The molecule has 7 heteroatoms. The van der Waals surface area contributed by atoms with E-state index >= 15 is 0 Å². The molecule has 1 spiro atoms. The van der Waals surface area contributed by atoms with E-state index in [1.807, 2.05) is 6.92 Å². The van der Waals surface area contributed by atoms with E-state index in [9.17, 15) is 0 Å². The van der Waals surface area contributed by atoms with Gasteiger partial charge >= 0.3 is 0 Å². The normalized spacial score (nSPS) is 56.7. The first kappa shape index (κ1) is 14.7. The van der Waals surface area contributed by atoms with Gasteiger partial charge in [0.05, 0.1) is 0 Å². The van der Waals surface area contributed by atoms with Gasteiger partial charge < -0.3 is 9.47 Å². The molecule has 4 saturated heterocycles. The van der Waals surface area contributed by atoms with E-state index in [0.29, 0.717) is 11.8 Å². The standard InChI is InChI=1S/C15H23N3O4/c1-8-4-5-11-9(2)12(17-18-16)19-13-15(11)10(8)6-7-14(3,20-13)21-22-15/h8-13H,4-7H2,1-3H3/t8-,9-,10+,11+,12?,13-,14?,15-/m1/s1. The third-order valence-corrected chi connectivity index (χ3v) is 6.29. The summed E-state index contributed by atoms with van der Waals surface area (Å²) in [6.45, 7) is 6.24. The molecule has 5 rings (SSSR count). The molecule has 1 aliphatic carbocycles. The maximum absolute atomic E-state index is 8.82. The molecule has 2 unspecified atom stereocenters. The maximum atomic E-state index is 8.82. The zero-order chi connectivity index (χ0) is 15.5. The van der Waals surface area contributed by atoms with Crippen molar-refractivity contribution in [3.05, 3.63) is 10.4 Å². The van der Waals surface area contributed by atoms with Crippen LogP contribution in [0.25, 0.3) is 10.4 Å². The number of rotatable bonds is 1. The molecule has 8 atom stereocenters. The van der Waals surface area contributed by atoms with Gasteiger partial charge in [0.25, 0.3) is 0 Å². The molecule has 5 fully saturated rings. The van der Waals surface area contributed by atoms with Gasteiger partial charge in [-0.15, -0.1) is 0 Å². The second-order valence-corrected chi connectivity index (χ2v) is 7.50. The summed E-state index contributed by atoms with van der Waals surface area (Å²) in [6.07, 6.45) is 2.92. The Kier molecular flexibility index (Phi) is 3.23. The Morgan fingerprint density at radius 2 is 1.95 bits per heavy atom. The topological polar surface area (TPSA) is 85.7 Å². The Labute approximate surface area is 129 Å². The van der Waals surface area contributed by atoms with Crippen LogP contribution in [-0.4, -0.2) is 23.9 Å². The van der Waals surface area contributed by atoms with Crippen molar-refractivity contribution in [2.24, 2.45) is 28.8 Å². The molecule has 0 amide bonds. The van der Waals surface area contributed by atoms with Crippen LogP contribution in [0.5, 0.6) is 0 Å². The van der Waals surface area contributed by atoms with Crippen LogP contribution in [0.1, 0.15) is 46.5 Å². The highest BCUT2D eigenvalue weighted by molar-refractivity contribution is 5.09. The summed E-state index contributed by atoms with van der Waals surface area (Å²) in [4.78, 5) is 14.7. The van der Waals surface area contributed by atoms with Gasteiger partial charge in [0, 0.05) is 17.3 Å². The number of hydrogen-bond donors (Lipinski definition) is 0. The quantitative estimate of drug-likeness (QED) is 0.321. The molecule has 22 heavy (non-hydrogen) atoms. The summed E-state index contributed by atoms with van der Waals surface area (Å²) in [5.41, 5.74) is 8.24. The van der Waals surface area contributed by atoms with Gasteiger partial charge in [-0.2, -0.15) is 0 Å². The third kappa shape index (κ3) is 1.80. The van der Waals surface area contributed by atoms with Crippen molar-refractivity contribution < 1.29 is 19.2 Å². The summed E-state index contributed by atoms with van der Waals surface area (Å²) in [6, 6.07) is 0. The molecule has 4 aliphatic heterocycles. The Balaban J connectivity index is 1.80. The highest BCUT2D eigenvalue weighted by atomic mass is 17.3. The van der Waals surface area contributed by atoms with Crippen LogP contribution >= 0.6 is 0 Å². The first-order valence-electron chi connectivity index (χ1n) is 8.24. The first-order chi connectivity index (χ1) is 10.5. The molecule has 0 N–H and O–H groups in total. The molecule has 4 heterocycles. The average Bonchev–Trinajstić information content (AvgIpc) is 2.71. The van der Waals surface area contributed by atoms with Crippen LogP contribution < -0.4 is 0 Å². The van der Waals surface area contributed by atoms with E-state index in [1.54, 1.807) is 0 Å². The Morgan fingerprint density at radius 1 is 1.14 bits per heavy atom. The first-order valence-corrected chi connectivity index (χ1v) is 8.24. The van der Waals surface area contributed by atoms with Crippen LogP contribution in [0.4, 0.5) is 0 Å². The second kappa shape index (κ2) is 4.82. The highest BCUT2D eigenvalue weighted by Gasteiger charge is 2.69. The fourth-order valence-corrected chi connectivity index (χ4v) is 5.07. The van der Waals surface area contributed by atoms with Crippen molar-refractivity contribution in [2.75, 3.05) is 0 Å². The lowest BCUT2D eigenvalue weighted by Gasteiger charge is -2.60. The molecule has 7 nitrogen and oxygen atoms in total. The van der Waals surface area contributed by atoms with Gasteiger partial charge in [0.2, 0.25) is 5.79 Å². The van der Waals surface area contributed by atoms with Crippen molar-refractivity contribution in [3.63, 3.8) is 0 Å². The summed E-state index contributed by atoms with van der Waals surface area (Å²) in [5.74, 6) is 0.398. The van der Waals surface area contributed by atoms with Crippen LogP contribution in [0, 0.1) is 23.7 Å². The predicted molar refractivity (Wildman–Crippen MR) is 76.0 cm³/mol. The van der Waals surface area contributed by atoms with Crippen LogP contribution in [-0.2, 0) is 19.2 Å². The van der Waals surface area contributed by atoms with Crippen molar-refractivity contribution in [1.29, 1.82) is 0 Å². The lowest BCUT2D eigenvalue weighted by molar-refractivity contribution is -0.570. The van der Waals surface area contributed by atoms with Gasteiger partial charge in [-0.05, 0) is 49.5 Å². The Hall–Kier alpha value is -0.850. The van der Waals surface area contributed by atoms with Crippen molar-refractivity contribution in [1.82, 2.24) is 0 Å². The number of fused-ring (bicyclic) bond motifs is 2.